The van der Waals surface area contributed by atoms with Gasteiger partial charge in [-0.25, -0.2) is 4.79 Å². The third kappa shape index (κ3) is 3.93. The minimum atomic E-state index is -0.212. The molecule has 2 rings (SSSR count). The molecule has 2 amide bonds. The summed E-state index contributed by atoms with van der Waals surface area (Å²) in [5.74, 6) is 0. The van der Waals surface area contributed by atoms with Crippen LogP contribution in [0.2, 0.25) is 0 Å². The number of morpholine rings is 1. The van der Waals surface area contributed by atoms with Crippen LogP contribution in [0, 0.1) is 0 Å². The van der Waals surface area contributed by atoms with Gasteiger partial charge in [0.25, 0.3) is 0 Å². The van der Waals surface area contributed by atoms with E-state index in [1.54, 1.807) is 10.9 Å². The van der Waals surface area contributed by atoms with Gasteiger partial charge in [-0.2, -0.15) is 0 Å². The Balaban J connectivity index is 1.69. The van der Waals surface area contributed by atoms with Crippen molar-refractivity contribution in [2.75, 3.05) is 26.2 Å². The summed E-state index contributed by atoms with van der Waals surface area (Å²) in [4.78, 5) is 13.9. The first-order valence-corrected chi connectivity index (χ1v) is 7.14. The predicted molar refractivity (Wildman–Crippen MR) is 74.3 cm³/mol. The lowest BCUT2D eigenvalue weighted by Gasteiger charge is -2.39. The van der Waals surface area contributed by atoms with Crippen LogP contribution < -0.4 is 5.32 Å². The number of nitrogens with zero attached hydrogens (tertiary/aromatic N) is 4. The van der Waals surface area contributed by atoms with Gasteiger partial charge in [0.15, 0.2) is 0 Å². The number of rotatable bonds is 5. The largest absolute Gasteiger partial charge is 0.372 e. The van der Waals surface area contributed by atoms with Gasteiger partial charge >= 0.3 is 6.03 Å². The first kappa shape index (κ1) is 14.8. The van der Waals surface area contributed by atoms with E-state index in [4.69, 9.17) is 4.74 Å². The summed E-state index contributed by atoms with van der Waals surface area (Å²) in [5, 5.41) is 10.6. The Labute approximate surface area is 119 Å². The van der Waals surface area contributed by atoms with E-state index in [0.29, 0.717) is 26.2 Å². The molecule has 7 heteroatoms. The zero-order chi connectivity index (χ0) is 14.4. The topological polar surface area (TPSA) is 72.3 Å². The molecule has 7 nitrogen and oxygen atoms in total. The minimum Gasteiger partial charge on any atom is -0.372 e. The number of hydrogen-bond acceptors (Lipinski definition) is 4. The second-order valence-corrected chi connectivity index (χ2v) is 5.33. The summed E-state index contributed by atoms with van der Waals surface area (Å²) in [7, 11) is 0. The maximum atomic E-state index is 12.1. The fraction of sp³-hybridized carbons (Fsp3) is 0.769. The van der Waals surface area contributed by atoms with Crippen LogP contribution >= 0.6 is 0 Å². The van der Waals surface area contributed by atoms with Gasteiger partial charge in [0.1, 0.15) is 0 Å². The third-order valence-electron chi connectivity index (χ3n) is 3.68. The molecule has 1 aromatic rings. The molecule has 0 bridgehead atoms. The number of ether oxygens (including phenoxy) is 1. The Morgan fingerprint density at radius 3 is 3.10 bits per heavy atom. The summed E-state index contributed by atoms with van der Waals surface area (Å²) >= 11 is 0. The number of hydrogen-bond donors (Lipinski definition) is 1. The van der Waals surface area contributed by atoms with Gasteiger partial charge in [-0.1, -0.05) is 12.1 Å². The van der Waals surface area contributed by atoms with Crippen LogP contribution in [0.5, 0.6) is 0 Å². The number of aryl methyl sites for hydroxylation is 1. The van der Waals surface area contributed by atoms with E-state index in [1.165, 1.54) is 0 Å². The minimum absolute atomic E-state index is 0.00781. The van der Waals surface area contributed by atoms with Crippen molar-refractivity contribution in [3.63, 3.8) is 0 Å². The SMILES string of the molecule is CCC1(C)CN(C(=O)NCCCn2ccnn2)CCO1. The van der Waals surface area contributed by atoms with Gasteiger partial charge in [-0.05, 0) is 19.8 Å². The highest BCUT2D eigenvalue weighted by molar-refractivity contribution is 5.74. The van der Waals surface area contributed by atoms with Gasteiger partial charge in [-0.3, -0.25) is 4.68 Å². The van der Waals surface area contributed by atoms with E-state index >= 15 is 0 Å². The van der Waals surface area contributed by atoms with Crippen LogP contribution in [0.4, 0.5) is 4.79 Å². The van der Waals surface area contributed by atoms with Crippen molar-refractivity contribution in [2.45, 2.75) is 38.8 Å². The zero-order valence-electron chi connectivity index (χ0n) is 12.2. The molecule has 2 heterocycles. The molecule has 0 saturated carbocycles. The van der Waals surface area contributed by atoms with Crippen LogP contribution in [-0.4, -0.2) is 57.8 Å². The average molecular weight is 281 g/mol. The molecule has 1 atom stereocenters. The number of carbonyl (C=O) groups excluding carboxylic acids is 1. The molecule has 1 aliphatic rings. The Morgan fingerprint density at radius 2 is 2.40 bits per heavy atom. The fourth-order valence-corrected chi connectivity index (χ4v) is 2.22. The van der Waals surface area contributed by atoms with Crippen molar-refractivity contribution in [2.24, 2.45) is 0 Å². The molecule has 1 unspecified atom stereocenters. The van der Waals surface area contributed by atoms with Gasteiger partial charge in [0.2, 0.25) is 0 Å². The second kappa shape index (κ2) is 6.69. The summed E-state index contributed by atoms with van der Waals surface area (Å²) in [6.45, 7) is 7.45. The molecule has 20 heavy (non-hydrogen) atoms. The summed E-state index contributed by atoms with van der Waals surface area (Å²) in [5.41, 5.74) is -0.212. The van der Waals surface area contributed by atoms with Crippen molar-refractivity contribution >= 4 is 6.03 Å². The van der Waals surface area contributed by atoms with Crippen molar-refractivity contribution in [3.05, 3.63) is 12.4 Å². The normalized spacial score (nSPS) is 22.8. The van der Waals surface area contributed by atoms with E-state index in [0.717, 1.165) is 19.4 Å². The Hall–Kier alpha value is -1.63. The molecule has 1 saturated heterocycles. The van der Waals surface area contributed by atoms with Crippen molar-refractivity contribution in [1.82, 2.24) is 25.2 Å². The van der Waals surface area contributed by atoms with Crippen LogP contribution in [0.3, 0.4) is 0 Å². The van der Waals surface area contributed by atoms with Crippen molar-refractivity contribution < 1.29 is 9.53 Å². The maximum Gasteiger partial charge on any atom is 0.317 e. The zero-order valence-corrected chi connectivity index (χ0v) is 12.2. The van der Waals surface area contributed by atoms with E-state index < -0.39 is 0 Å². The van der Waals surface area contributed by atoms with Gasteiger partial charge in [0.05, 0.1) is 24.9 Å². The fourth-order valence-electron chi connectivity index (χ4n) is 2.22. The third-order valence-corrected chi connectivity index (χ3v) is 3.68. The highest BCUT2D eigenvalue weighted by atomic mass is 16.5. The molecule has 0 aromatic carbocycles. The predicted octanol–water partition coefficient (Wildman–Crippen LogP) is 0.879. The van der Waals surface area contributed by atoms with Crippen LogP contribution in [0.25, 0.3) is 0 Å². The van der Waals surface area contributed by atoms with Gasteiger partial charge in [0, 0.05) is 25.8 Å². The van der Waals surface area contributed by atoms with Crippen LogP contribution in [0.15, 0.2) is 12.4 Å². The molecule has 1 aliphatic heterocycles. The molecular weight excluding hydrogens is 258 g/mol. The van der Waals surface area contributed by atoms with Crippen LogP contribution in [0.1, 0.15) is 26.7 Å². The Kier molecular flexibility index (Phi) is 4.94. The Morgan fingerprint density at radius 1 is 1.55 bits per heavy atom. The Bertz CT molecular complexity index is 422. The monoisotopic (exact) mass is 281 g/mol. The first-order valence-electron chi connectivity index (χ1n) is 7.14. The number of amides is 2. The summed E-state index contributed by atoms with van der Waals surface area (Å²) in [6, 6.07) is -0.00781. The standard InChI is InChI=1S/C13H23N5O2/c1-3-13(2)11-17(9-10-20-13)12(19)14-5-4-7-18-8-6-15-16-18/h6,8H,3-5,7,9-11H2,1-2H3,(H,14,19). The molecule has 1 aromatic heterocycles. The quantitative estimate of drug-likeness (QED) is 0.813. The van der Waals surface area contributed by atoms with Gasteiger partial charge in [-0.15, -0.1) is 5.10 Å². The number of urea groups is 1. The second-order valence-electron chi connectivity index (χ2n) is 5.33. The lowest BCUT2D eigenvalue weighted by atomic mass is 10.0. The van der Waals surface area contributed by atoms with Crippen molar-refractivity contribution in [3.8, 4) is 0 Å². The number of carbonyl (C=O) groups is 1. The lowest BCUT2D eigenvalue weighted by Crippen LogP contribution is -2.54. The van der Waals surface area contributed by atoms with E-state index in [9.17, 15) is 4.79 Å². The molecule has 112 valence electrons. The summed E-state index contributed by atoms with van der Waals surface area (Å²) in [6.07, 6.45) is 5.21. The molecule has 0 aliphatic carbocycles. The molecule has 1 N–H and O–H groups in total. The highest BCUT2D eigenvalue weighted by Gasteiger charge is 2.32. The molecule has 0 radical (unpaired) electrons. The van der Waals surface area contributed by atoms with Gasteiger partial charge < -0.3 is 15.0 Å². The summed E-state index contributed by atoms with van der Waals surface area (Å²) < 4.78 is 7.49. The van der Waals surface area contributed by atoms with E-state index in [-0.39, 0.29) is 11.6 Å². The number of aromatic nitrogens is 3. The molecular formula is C13H23N5O2. The number of nitrogens with one attached hydrogen (secondary N) is 1. The molecule has 0 spiro atoms. The van der Waals surface area contributed by atoms with E-state index in [2.05, 4.69) is 29.5 Å². The average Bonchev–Trinajstić information content (AvgIpc) is 2.96. The van der Waals surface area contributed by atoms with E-state index in [1.807, 2.05) is 11.1 Å². The van der Waals surface area contributed by atoms with Crippen LogP contribution in [-0.2, 0) is 11.3 Å². The smallest absolute Gasteiger partial charge is 0.317 e. The highest BCUT2D eigenvalue weighted by Crippen LogP contribution is 2.20. The lowest BCUT2D eigenvalue weighted by molar-refractivity contribution is -0.0872. The first-order chi connectivity index (χ1) is 9.63. The van der Waals surface area contributed by atoms with Crippen molar-refractivity contribution in [1.29, 1.82) is 0 Å². The maximum absolute atomic E-state index is 12.1. The molecule has 1 fully saturated rings.